The normalized spacial score (nSPS) is 13.6. The smallest absolute Gasteiger partial charge is 0.409 e. The van der Waals surface area contributed by atoms with Crippen molar-refractivity contribution < 1.29 is 19.4 Å². The third-order valence-electron chi connectivity index (χ3n) is 5.42. The maximum absolute atomic E-state index is 11.1. The third-order valence-corrected chi connectivity index (χ3v) is 5.42. The van der Waals surface area contributed by atoms with Crippen molar-refractivity contribution in [3.63, 3.8) is 0 Å². The molecule has 1 aliphatic rings. The number of rotatable bonds is 4. The number of nitrogens with one attached hydrogen (secondary N) is 1. The van der Waals surface area contributed by atoms with E-state index < -0.39 is 11.7 Å². The molecule has 30 heavy (non-hydrogen) atoms. The van der Waals surface area contributed by atoms with Crippen molar-refractivity contribution in [1.82, 2.24) is 0 Å². The molecular formula is C25H25NO4. The second kappa shape index (κ2) is 7.41. The van der Waals surface area contributed by atoms with Gasteiger partial charge in [-0.1, -0.05) is 30.3 Å². The molecule has 1 amide bonds. The Kier molecular flexibility index (Phi) is 4.90. The molecular weight excluding hydrogens is 378 g/mol. The quantitative estimate of drug-likeness (QED) is 0.539. The lowest BCUT2D eigenvalue weighted by molar-refractivity contribution is 0.105. The fourth-order valence-electron chi connectivity index (χ4n) is 3.86. The summed E-state index contributed by atoms with van der Waals surface area (Å²) in [6, 6.07) is 18.0. The van der Waals surface area contributed by atoms with E-state index in [1.165, 1.54) is 0 Å². The van der Waals surface area contributed by atoms with Crippen molar-refractivity contribution in [1.29, 1.82) is 0 Å². The summed E-state index contributed by atoms with van der Waals surface area (Å²) in [4.78, 5) is 11.1. The maximum Gasteiger partial charge on any atom is 0.409 e. The van der Waals surface area contributed by atoms with E-state index in [1.54, 1.807) is 6.07 Å². The van der Waals surface area contributed by atoms with Crippen LogP contribution in [0.3, 0.4) is 0 Å². The fraction of sp³-hybridized carbons (Fsp3) is 0.240. The average Bonchev–Trinajstić information content (AvgIpc) is 2.68. The molecule has 0 fully saturated rings. The first-order valence-corrected chi connectivity index (χ1v) is 9.90. The molecule has 4 rings (SSSR count). The van der Waals surface area contributed by atoms with Gasteiger partial charge < -0.3 is 14.6 Å². The second-order valence-corrected chi connectivity index (χ2v) is 8.14. The summed E-state index contributed by atoms with van der Waals surface area (Å²) in [5.41, 5.74) is 6.01. The molecule has 2 N–H and O–H groups in total. The van der Waals surface area contributed by atoms with E-state index in [4.69, 9.17) is 14.6 Å². The highest BCUT2D eigenvalue weighted by atomic mass is 16.5. The number of carbonyl (C=O) groups is 1. The largest absolute Gasteiger partial charge is 0.489 e. The number of fused-ring (bicyclic) bond motifs is 3. The summed E-state index contributed by atoms with van der Waals surface area (Å²) in [5.74, 6) is 1.50. The predicted octanol–water partition coefficient (Wildman–Crippen LogP) is 6.27. The van der Waals surface area contributed by atoms with E-state index in [0.29, 0.717) is 18.0 Å². The molecule has 0 saturated carbocycles. The Labute approximate surface area is 176 Å². The van der Waals surface area contributed by atoms with Crippen LogP contribution in [0.4, 0.5) is 10.5 Å². The van der Waals surface area contributed by atoms with E-state index in [1.807, 2.05) is 64.1 Å². The lowest BCUT2D eigenvalue weighted by Crippen LogP contribution is -2.29. The van der Waals surface area contributed by atoms with Crippen molar-refractivity contribution in [2.24, 2.45) is 0 Å². The first-order valence-electron chi connectivity index (χ1n) is 9.90. The van der Waals surface area contributed by atoms with E-state index in [9.17, 15) is 4.79 Å². The van der Waals surface area contributed by atoms with Gasteiger partial charge >= 0.3 is 6.09 Å². The van der Waals surface area contributed by atoms with Crippen molar-refractivity contribution in [2.45, 2.75) is 39.9 Å². The lowest BCUT2D eigenvalue weighted by atomic mass is 9.84. The standard InChI is InChI=1S/C25H25NO4/c1-15-10-19-18-11-16(2)22(29-14-17-8-6-5-7-9-17)12-20(18)25(3,4)30-23(19)13-21(15)26-24(27)28/h5-13,26H,14H2,1-4H3,(H,27,28). The van der Waals surface area contributed by atoms with Crippen LogP contribution >= 0.6 is 0 Å². The molecule has 0 unspecified atom stereocenters. The number of ether oxygens (including phenoxy) is 2. The maximum atomic E-state index is 11.1. The molecule has 1 heterocycles. The molecule has 5 heteroatoms. The van der Waals surface area contributed by atoms with E-state index >= 15 is 0 Å². The van der Waals surface area contributed by atoms with E-state index in [0.717, 1.165) is 39.1 Å². The summed E-state index contributed by atoms with van der Waals surface area (Å²) in [6.45, 7) is 8.44. The van der Waals surface area contributed by atoms with Crippen LogP contribution in [0.25, 0.3) is 11.1 Å². The third kappa shape index (κ3) is 3.71. The number of anilines is 1. The number of carboxylic acid groups (broad SMARTS) is 1. The van der Waals surface area contributed by atoms with Gasteiger partial charge in [-0.25, -0.2) is 4.79 Å². The van der Waals surface area contributed by atoms with Gasteiger partial charge in [-0.15, -0.1) is 0 Å². The number of benzene rings is 3. The minimum absolute atomic E-state index is 0.502. The van der Waals surface area contributed by atoms with Crippen LogP contribution in [0.1, 0.15) is 36.1 Å². The Bertz CT molecular complexity index is 1120. The van der Waals surface area contributed by atoms with Gasteiger partial charge in [0.2, 0.25) is 0 Å². The fourth-order valence-corrected chi connectivity index (χ4v) is 3.86. The number of hydrogen-bond donors (Lipinski definition) is 2. The molecule has 3 aromatic rings. The molecule has 0 radical (unpaired) electrons. The van der Waals surface area contributed by atoms with Gasteiger partial charge in [-0.3, -0.25) is 5.32 Å². The van der Waals surface area contributed by atoms with Gasteiger partial charge in [-0.2, -0.15) is 0 Å². The van der Waals surface area contributed by atoms with Crippen LogP contribution in [0.15, 0.2) is 54.6 Å². The first-order chi connectivity index (χ1) is 14.2. The highest BCUT2D eigenvalue weighted by Crippen LogP contribution is 2.48. The SMILES string of the molecule is Cc1cc2c(cc1NC(=O)O)OC(C)(C)c1cc(OCc3ccccc3)c(C)cc1-2. The molecule has 0 aromatic heterocycles. The summed E-state index contributed by atoms with van der Waals surface area (Å²) in [5, 5.41) is 11.5. The topological polar surface area (TPSA) is 67.8 Å². The zero-order valence-corrected chi connectivity index (χ0v) is 17.6. The molecule has 0 aliphatic carbocycles. The highest BCUT2D eigenvalue weighted by Gasteiger charge is 2.34. The van der Waals surface area contributed by atoms with Gasteiger partial charge in [0.25, 0.3) is 0 Å². The highest BCUT2D eigenvalue weighted by molar-refractivity contribution is 5.88. The first kappa shape index (κ1) is 19.8. The number of hydrogen-bond acceptors (Lipinski definition) is 3. The van der Waals surface area contributed by atoms with Gasteiger partial charge in [-0.05, 0) is 68.1 Å². The summed E-state index contributed by atoms with van der Waals surface area (Å²) >= 11 is 0. The Morgan fingerprint density at radius 2 is 1.73 bits per heavy atom. The zero-order chi connectivity index (χ0) is 21.5. The van der Waals surface area contributed by atoms with Crippen LogP contribution in [0, 0.1) is 13.8 Å². The van der Waals surface area contributed by atoms with Crippen LogP contribution in [-0.2, 0) is 12.2 Å². The Hall–Kier alpha value is -3.47. The average molecular weight is 403 g/mol. The predicted molar refractivity (Wildman–Crippen MR) is 117 cm³/mol. The second-order valence-electron chi connectivity index (χ2n) is 8.14. The van der Waals surface area contributed by atoms with E-state index in [2.05, 4.69) is 17.4 Å². The van der Waals surface area contributed by atoms with Gasteiger partial charge in [0, 0.05) is 17.2 Å². The van der Waals surface area contributed by atoms with Crippen molar-refractivity contribution in [2.75, 3.05) is 5.32 Å². The molecule has 5 nitrogen and oxygen atoms in total. The summed E-state index contributed by atoms with van der Waals surface area (Å²) < 4.78 is 12.4. The van der Waals surface area contributed by atoms with Crippen molar-refractivity contribution in [3.8, 4) is 22.6 Å². The lowest BCUT2D eigenvalue weighted by Gasteiger charge is -2.36. The molecule has 1 aliphatic heterocycles. The molecule has 0 saturated heterocycles. The molecule has 3 aromatic carbocycles. The number of aryl methyl sites for hydroxylation is 2. The Morgan fingerprint density at radius 1 is 1.03 bits per heavy atom. The van der Waals surface area contributed by atoms with Gasteiger partial charge in [0.15, 0.2) is 0 Å². The molecule has 154 valence electrons. The van der Waals surface area contributed by atoms with Crippen LogP contribution in [0.2, 0.25) is 0 Å². The Balaban J connectivity index is 1.74. The minimum atomic E-state index is -1.09. The van der Waals surface area contributed by atoms with E-state index in [-0.39, 0.29) is 0 Å². The molecule has 0 bridgehead atoms. The molecule has 0 spiro atoms. The van der Waals surface area contributed by atoms with Gasteiger partial charge in [0.1, 0.15) is 23.7 Å². The van der Waals surface area contributed by atoms with Crippen LogP contribution in [0.5, 0.6) is 11.5 Å². The molecule has 0 atom stereocenters. The number of amides is 1. The van der Waals surface area contributed by atoms with Gasteiger partial charge in [0.05, 0.1) is 5.69 Å². The van der Waals surface area contributed by atoms with Crippen LogP contribution in [-0.4, -0.2) is 11.2 Å². The van der Waals surface area contributed by atoms with Crippen LogP contribution < -0.4 is 14.8 Å². The monoisotopic (exact) mass is 403 g/mol. The Morgan fingerprint density at radius 3 is 2.43 bits per heavy atom. The summed E-state index contributed by atoms with van der Waals surface area (Å²) in [6.07, 6.45) is -1.09. The van der Waals surface area contributed by atoms with Crippen molar-refractivity contribution in [3.05, 3.63) is 76.9 Å². The summed E-state index contributed by atoms with van der Waals surface area (Å²) in [7, 11) is 0. The zero-order valence-electron chi connectivity index (χ0n) is 17.6. The minimum Gasteiger partial charge on any atom is -0.489 e. The van der Waals surface area contributed by atoms with Crippen molar-refractivity contribution >= 4 is 11.8 Å².